The van der Waals surface area contributed by atoms with Crippen molar-refractivity contribution in [3.8, 4) is 5.75 Å². The zero-order chi connectivity index (χ0) is 29.3. The number of nitrogens with zero attached hydrogens (tertiary/aromatic N) is 2. The molecule has 1 atom stereocenters. The first-order valence-electron chi connectivity index (χ1n) is 13.1. The Morgan fingerprint density at radius 1 is 1.07 bits per heavy atom. The first-order valence-corrected chi connectivity index (χ1v) is 14.3. The highest BCUT2D eigenvalue weighted by Crippen LogP contribution is 2.31. The zero-order valence-corrected chi connectivity index (χ0v) is 24.6. The average Bonchev–Trinajstić information content (AvgIpc) is 3.23. The van der Waals surface area contributed by atoms with E-state index in [1.807, 2.05) is 32.1 Å². The van der Waals surface area contributed by atoms with Gasteiger partial charge in [-0.05, 0) is 98.0 Å². The molecule has 0 fully saturated rings. The third-order valence-corrected chi connectivity index (χ3v) is 8.01. The number of thiazole rings is 1. The monoisotopic (exact) mass is 590 g/mol. The Labute approximate surface area is 245 Å². The van der Waals surface area contributed by atoms with Crippen LogP contribution in [-0.2, 0) is 16.1 Å². The number of ether oxygens (including phenoxy) is 2. The Morgan fingerprint density at radius 3 is 2.37 bits per heavy atom. The van der Waals surface area contributed by atoms with Crippen molar-refractivity contribution >= 4 is 35.0 Å². The molecular weight excluding hydrogens is 563 g/mol. The van der Waals surface area contributed by atoms with Crippen LogP contribution in [-0.4, -0.2) is 17.1 Å². The molecule has 1 aliphatic rings. The first kappa shape index (κ1) is 28.5. The van der Waals surface area contributed by atoms with Crippen LogP contribution in [0.1, 0.15) is 47.7 Å². The van der Waals surface area contributed by atoms with Gasteiger partial charge in [0.2, 0.25) is 0 Å². The van der Waals surface area contributed by atoms with Crippen LogP contribution in [0.15, 0.2) is 81.7 Å². The van der Waals surface area contributed by atoms with Crippen LogP contribution >= 0.6 is 22.9 Å². The topological polar surface area (TPSA) is 69.9 Å². The fraction of sp³-hybridized carbons (Fsp3) is 0.219. The van der Waals surface area contributed by atoms with Gasteiger partial charge in [-0.2, -0.15) is 0 Å². The number of hydrogen-bond acceptors (Lipinski definition) is 6. The van der Waals surface area contributed by atoms with Crippen LogP contribution in [0, 0.1) is 19.7 Å². The Kier molecular flexibility index (Phi) is 8.24. The molecular formula is C32H28ClFN2O4S. The third kappa shape index (κ3) is 5.89. The minimum Gasteiger partial charge on any atom is -0.488 e. The van der Waals surface area contributed by atoms with E-state index in [2.05, 4.69) is 4.99 Å². The van der Waals surface area contributed by atoms with Crippen molar-refractivity contribution in [2.24, 2.45) is 4.99 Å². The Balaban J connectivity index is 1.54. The second-order valence-electron chi connectivity index (χ2n) is 9.75. The molecule has 0 bridgehead atoms. The number of rotatable bonds is 7. The maximum atomic E-state index is 13.9. The van der Waals surface area contributed by atoms with Crippen molar-refractivity contribution in [1.29, 1.82) is 0 Å². The Hall–Kier alpha value is -4.01. The molecule has 0 spiro atoms. The molecule has 9 heteroatoms. The summed E-state index contributed by atoms with van der Waals surface area (Å²) in [6.07, 6.45) is 1.83. The fourth-order valence-corrected chi connectivity index (χ4v) is 6.11. The maximum absolute atomic E-state index is 13.9. The fourth-order valence-electron chi connectivity index (χ4n) is 4.93. The second kappa shape index (κ2) is 11.8. The van der Waals surface area contributed by atoms with Gasteiger partial charge in [0.1, 0.15) is 18.2 Å². The third-order valence-electron chi connectivity index (χ3n) is 6.78. The SMILES string of the molecule is CCOC(=O)C1=C(C)N=c2s/c(=C\c3cc(C)c(OCc4ccc(F)cc4)c(C)c3)c(=O)n2[C@H]1c1ccc(Cl)cc1. The van der Waals surface area contributed by atoms with E-state index in [4.69, 9.17) is 21.1 Å². The van der Waals surface area contributed by atoms with Gasteiger partial charge in [0.25, 0.3) is 5.56 Å². The van der Waals surface area contributed by atoms with E-state index >= 15 is 0 Å². The lowest BCUT2D eigenvalue weighted by atomic mass is 9.96. The molecule has 1 aliphatic heterocycles. The van der Waals surface area contributed by atoms with Crippen LogP contribution in [0.2, 0.25) is 5.02 Å². The summed E-state index contributed by atoms with van der Waals surface area (Å²) in [6.45, 7) is 7.90. The highest BCUT2D eigenvalue weighted by atomic mass is 35.5. The lowest BCUT2D eigenvalue weighted by Crippen LogP contribution is -2.39. The highest BCUT2D eigenvalue weighted by Gasteiger charge is 2.33. The van der Waals surface area contributed by atoms with E-state index in [0.717, 1.165) is 33.6 Å². The van der Waals surface area contributed by atoms with E-state index in [0.29, 0.717) is 32.2 Å². The van der Waals surface area contributed by atoms with Crippen LogP contribution in [0.4, 0.5) is 4.39 Å². The zero-order valence-electron chi connectivity index (χ0n) is 23.0. The molecule has 0 amide bonds. The van der Waals surface area contributed by atoms with Gasteiger partial charge >= 0.3 is 5.97 Å². The number of hydrogen-bond donors (Lipinski definition) is 0. The van der Waals surface area contributed by atoms with E-state index < -0.39 is 12.0 Å². The summed E-state index contributed by atoms with van der Waals surface area (Å²) in [5, 5.41) is 0.551. The number of allylic oxidation sites excluding steroid dienone is 1. The predicted molar refractivity (Wildman–Crippen MR) is 158 cm³/mol. The molecule has 0 N–H and O–H groups in total. The maximum Gasteiger partial charge on any atom is 0.338 e. The molecule has 0 radical (unpaired) electrons. The van der Waals surface area contributed by atoms with Gasteiger partial charge in [0.15, 0.2) is 4.80 Å². The minimum absolute atomic E-state index is 0.204. The molecule has 0 saturated heterocycles. The standard InChI is InChI=1S/C32H28ClFN2O4S/c1-5-39-31(38)27-20(4)35-32-36(28(27)23-8-10-24(33)11-9-23)30(37)26(41-32)16-22-14-18(2)29(19(3)15-22)40-17-21-6-12-25(34)13-7-21/h6-16,28H,5,17H2,1-4H3/b26-16-/t28-/m0/s1. The molecule has 210 valence electrons. The lowest BCUT2D eigenvalue weighted by molar-refractivity contribution is -0.139. The molecule has 0 saturated carbocycles. The van der Waals surface area contributed by atoms with Crippen molar-refractivity contribution in [3.05, 3.63) is 130 Å². The van der Waals surface area contributed by atoms with Crippen molar-refractivity contribution in [3.63, 3.8) is 0 Å². The van der Waals surface area contributed by atoms with Crippen LogP contribution in [0.25, 0.3) is 6.08 Å². The van der Waals surface area contributed by atoms with E-state index in [9.17, 15) is 14.0 Å². The average molecular weight is 591 g/mol. The van der Waals surface area contributed by atoms with Gasteiger partial charge in [-0.1, -0.05) is 47.2 Å². The van der Waals surface area contributed by atoms with Crippen LogP contribution in [0.5, 0.6) is 5.75 Å². The Bertz CT molecular complexity index is 1820. The number of carbonyl (C=O) groups excluding carboxylic acids is 1. The van der Waals surface area contributed by atoms with E-state index in [-0.39, 0.29) is 18.0 Å². The van der Waals surface area contributed by atoms with Crippen molar-refractivity contribution in [2.45, 2.75) is 40.3 Å². The second-order valence-corrected chi connectivity index (χ2v) is 11.2. The van der Waals surface area contributed by atoms with Gasteiger partial charge in [-0.25, -0.2) is 14.2 Å². The molecule has 4 aromatic rings. The summed E-state index contributed by atoms with van der Waals surface area (Å²) in [5.41, 5.74) is 4.82. The van der Waals surface area contributed by atoms with E-state index in [1.54, 1.807) is 54.8 Å². The molecule has 6 nitrogen and oxygen atoms in total. The number of halogens is 2. The quantitative estimate of drug-likeness (QED) is 0.256. The number of benzene rings is 3. The number of aryl methyl sites for hydroxylation is 2. The lowest BCUT2D eigenvalue weighted by Gasteiger charge is -2.24. The molecule has 2 heterocycles. The smallest absolute Gasteiger partial charge is 0.338 e. The summed E-state index contributed by atoms with van der Waals surface area (Å²) in [4.78, 5) is 32.0. The minimum atomic E-state index is -0.699. The number of esters is 1. The molecule has 3 aromatic carbocycles. The Morgan fingerprint density at radius 2 is 1.73 bits per heavy atom. The number of fused-ring (bicyclic) bond motifs is 1. The summed E-state index contributed by atoms with van der Waals surface area (Å²) in [5.74, 6) is -0.0571. The molecule has 1 aromatic heterocycles. The number of carbonyl (C=O) groups is 1. The molecule has 5 rings (SSSR count). The van der Waals surface area contributed by atoms with Crippen LogP contribution in [0.3, 0.4) is 0 Å². The van der Waals surface area contributed by atoms with Gasteiger partial charge in [-0.3, -0.25) is 9.36 Å². The van der Waals surface area contributed by atoms with E-state index in [1.165, 1.54) is 23.5 Å². The summed E-state index contributed by atoms with van der Waals surface area (Å²) < 4.78 is 26.7. The molecule has 0 unspecified atom stereocenters. The van der Waals surface area contributed by atoms with Crippen molar-refractivity contribution in [1.82, 2.24) is 4.57 Å². The normalized spacial score (nSPS) is 15.0. The highest BCUT2D eigenvalue weighted by molar-refractivity contribution is 7.07. The largest absolute Gasteiger partial charge is 0.488 e. The number of aromatic nitrogens is 1. The van der Waals surface area contributed by atoms with Crippen LogP contribution < -0.4 is 19.6 Å². The van der Waals surface area contributed by atoms with Gasteiger partial charge in [0, 0.05) is 5.02 Å². The van der Waals surface area contributed by atoms with Gasteiger partial charge in [0.05, 0.1) is 28.5 Å². The molecule has 0 aliphatic carbocycles. The summed E-state index contributed by atoms with van der Waals surface area (Å²) in [6, 6.07) is 16.5. The summed E-state index contributed by atoms with van der Waals surface area (Å²) >= 11 is 7.40. The molecule has 41 heavy (non-hydrogen) atoms. The summed E-state index contributed by atoms with van der Waals surface area (Å²) in [7, 11) is 0. The van der Waals surface area contributed by atoms with Gasteiger partial charge < -0.3 is 9.47 Å². The first-order chi connectivity index (χ1) is 19.7. The van der Waals surface area contributed by atoms with Gasteiger partial charge in [-0.15, -0.1) is 0 Å². The predicted octanol–water partition coefficient (Wildman–Crippen LogP) is 5.79. The van der Waals surface area contributed by atoms with Crippen molar-refractivity contribution in [2.75, 3.05) is 6.61 Å². The van der Waals surface area contributed by atoms with Crippen molar-refractivity contribution < 1.29 is 18.7 Å².